The number of hydrogen-bond acceptors (Lipinski definition) is 3. The third kappa shape index (κ3) is 6.62. The van der Waals surface area contributed by atoms with Gasteiger partial charge >= 0.3 is 0 Å². The molecular weight excluding hydrogens is 515 g/mol. The molecule has 1 atom stereocenters. The SMILES string of the molecule is CN=C(NCCc1cc2ccccc2[nH]1)NCc1ccc(C)cc1OCC1CCCO1.I. The first kappa shape index (κ1) is 24.4. The molecule has 4 rings (SSSR count). The zero-order chi connectivity index (χ0) is 21.5. The van der Waals surface area contributed by atoms with E-state index < -0.39 is 0 Å². The normalized spacial score (nSPS) is 16.1. The van der Waals surface area contributed by atoms with Gasteiger partial charge in [-0.15, -0.1) is 24.0 Å². The van der Waals surface area contributed by atoms with Gasteiger partial charge in [0.05, 0.1) is 6.10 Å². The first-order valence-corrected chi connectivity index (χ1v) is 11.1. The Balaban J connectivity index is 0.00000289. The predicted molar refractivity (Wildman–Crippen MR) is 141 cm³/mol. The largest absolute Gasteiger partial charge is 0.491 e. The second-order valence-electron chi connectivity index (χ2n) is 8.04. The number of ether oxygens (including phenoxy) is 2. The minimum absolute atomic E-state index is 0. The van der Waals surface area contributed by atoms with Crippen molar-refractivity contribution in [3.63, 3.8) is 0 Å². The van der Waals surface area contributed by atoms with Gasteiger partial charge in [0.2, 0.25) is 0 Å². The topological polar surface area (TPSA) is 70.7 Å². The highest BCUT2D eigenvalue weighted by atomic mass is 127. The Morgan fingerprint density at radius 1 is 1.19 bits per heavy atom. The Bertz CT molecular complexity index is 995. The van der Waals surface area contributed by atoms with Crippen molar-refractivity contribution in [1.29, 1.82) is 0 Å². The summed E-state index contributed by atoms with van der Waals surface area (Å²) in [6, 6.07) is 16.9. The van der Waals surface area contributed by atoms with Crippen LogP contribution in [0.2, 0.25) is 0 Å². The molecule has 2 aromatic carbocycles. The molecule has 6 nitrogen and oxygen atoms in total. The Hall–Kier alpha value is -2.26. The zero-order valence-corrected chi connectivity index (χ0v) is 21.1. The van der Waals surface area contributed by atoms with Gasteiger partial charge < -0.3 is 25.1 Å². The highest BCUT2D eigenvalue weighted by Gasteiger charge is 2.17. The van der Waals surface area contributed by atoms with Crippen LogP contribution in [-0.2, 0) is 17.7 Å². The van der Waals surface area contributed by atoms with Gasteiger partial charge in [-0.25, -0.2) is 0 Å². The summed E-state index contributed by atoms with van der Waals surface area (Å²) < 4.78 is 11.8. The molecule has 2 heterocycles. The number of para-hydroxylation sites is 1. The molecule has 1 unspecified atom stereocenters. The molecule has 1 aliphatic heterocycles. The molecule has 0 saturated carbocycles. The van der Waals surface area contributed by atoms with E-state index in [4.69, 9.17) is 9.47 Å². The van der Waals surface area contributed by atoms with Crippen LogP contribution in [0.1, 0.15) is 29.7 Å². The number of aryl methyl sites for hydroxylation is 1. The van der Waals surface area contributed by atoms with E-state index in [1.807, 2.05) is 0 Å². The standard InChI is InChI=1S/C25H32N4O2.HI/c1-18-9-10-20(24(14-18)31-17-22-7-5-13-30-22)16-28-25(26-2)27-12-11-21-15-19-6-3-4-8-23(19)29-21;/h3-4,6,8-10,14-15,22,29H,5,7,11-13,16-17H2,1-2H3,(H2,26,27,28);1H. The molecule has 0 bridgehead atoms. The number of fused-ring (bicyclic) bond motifs is 1. The quantitative estimate of drug-likeness (QED) is 0.219. The first-order valence-electron chi connectivity index (χ1n) is 11.1. The third-order valence-electron chi connectivity index (χ3n) is 5.61. The molecule has 7 heteroatoms. The number of guanidine groups is 1. The van der Waals surface area contributed by atoms with Crippen molar-refractivity contribution in [3.8, 4) is 5.75 Å². The summed E-state index contributed by atoms with van der Waals surface area (Å²) in [6.07, 6.45) is 3.30. The fraction of sp³-hybridized carbons (Fsp3) is 0.400. The van der Waals surface area contributed by atoms with Gasteiger partial charge in [-0.05, 0) is 48.9 Å². The maximum Gasteiger partial charge on any atom is 0.191 e. The summed E-state index contributed by atoms with van der Waals surface area (Å²) in [4.78, 5) is 7.82. The molecule has 1 aromatic heterocycles. The van der Waals surface area contributed by atoms with Gasteiger partial charge in [0.15, 0.2) is 5.96 Å². The summed E-state index contributed by atoms with van der Waals surface area (Å²) in [7, 11) is 1.79. The van der Waals surface area contributed by atoms with Gasteiger partial charge in [-0.1, -0.05) is 30.3 Å². The predicted octanol–water partition coefficient (Wildman–Crippen LogP) is 4.56. The van der Waals surface area contributed by atoms with Crippen LogP contribution >= 0.6 is 24.0 Å². The van der Waals surface area contributed by atoms with Gasteiger partial charge in [0.25, 0.3) is 0 Å². The van der Waals surface area contributed by atoms with E-state index in [0.717, 1.165) is 49.7 Å². The van der Waals surface area contributed by atoms with Crippen LogP contribution < -0.4 is 15.4 Å². The fourth-order valence-electron chi connectivity index (χ4n) is 3.88. The molecule has 3 N–H and O–H groups in total. The minimum atomic E-state index is 0. The van der Waals surface area contributed by atoms with E-state index in [-0.39, 0.29) is 30.1 Å². The van der Waals surface area contributed by atoms with E-state index in [1.54, 1.807) is 7.05 Å². The van der Waals surface area contributed by atoms with Crippen molar-refractivity contribution >= 4 is 40.8 Å². The highest BCUT2D eigenvalue weighted by molar-refractivity contribution is 14.0. The lowest BCUT2D eigenvalue weighted by atomic mass is 10.1. The molecule has 0 spiro atoms. The number of halogens is 1. The Labute approximate surface area is 207 Å². The van der Waals surface area contributed by atoms with Gasteiger partial charge in [0, 0.05) is 49.9 Å². The van der Waals surface area contributed by atoms with Crippen LogP contribution in [0, 0.1) is 6.92 Å². The number of aromatic amines is 1. The molecule has 0 aliphatic carbocycles. The third-order valence-corrected chi connectivity index (χ3v) is 5.61. The smallest absolute Gasteiger partial charge is 0.191 e. The van der Waals surface area contributed by atoms with Crippen LogP contribution in [-0.4, -0.2) is 43.9 Å². The average Bonchev–Trinajstić information content (AvgIpc) is 3.45. The lowest BCUT2D eigenvalue weighted by molar-refractivity contribution is 0.0676. The van der Waals surface area contributed by atoms with E-state index >= 15 is 0 Å². The number of nitrogens with one attached hydrogen (secondary N) is 3. The molecule has 1 saturated heterocycles. The van der Waals surface area contributed by atoms with Crippen LogP contribution in [0.4, 0.5) is 0 Å². The minimum Gasteiger partial charge on any atom is -0.491 e. The van der Waals surface area contributed by atoms with Gasteiger partial charge in [-0.3, -0.25) is 4.99 Å². The fourth-order valence-corrected chi connectivity index (χ4v) is 3.88. The van der Waals surface area contributed by atoms with Crippen LogP contribution in [0.25, 0.3) is 10.9 Å². The molecule has 0 amide bonds. The maximum atomic E-state index is 6.11. The summed E-state index contributed by atoms with van der Waals surface area (Å²) >= 11 is 0. The monoisotopic (exact) mass is 548 g/mol. The molecule has 0 radical (unpaired) electrons. The Morgan fingerprint density at radius 2 is 2.06 bits per heavy atom. The molecule has 172 valence electrons. The number of nitrogens with zero attached hydrogens (tertiary/aromatic N) is 1. The van der Waals surface area contributed by atoms with Crippen LogP contribution in [0.15, 0.2) is 53.5 Å². The number of benzene rings is 2. The molecular formula is C25H33IN4O2. The molecule has 32 heavy (non-hydrogen) atoms. The second-order valence-corrected chi connectivity index (χ2v) is 8.04. The summed E-state index contributed by atoms with van der Waals surface area (Å²) in [5, 5.41) is 8.05. The molecule has 1 aliphatic rings. The van der Waals surface area contributed by atoms with Gasteiger partial charge in [-0.2, -0.15) is 0 Å². The number of hydrogen-bond donors (Lipinski definition) is 3. The number of H-pyrrole nitrogens is 1. The second kappa shape index (κ2) is 12.1. The number of rotatable bonds is 8. The number of aromatic nitrogens is 1. The Kier molecular flexibility index (Phi) is 9.23. The van der Waals surface area contributed by atoms with Crippen molar-refractivity contribution in [2.45, 2.75) is 38.8 Å². The van der Waals surface area contributed by atoms with Crippen molar-refractivity contribution in [2.75, 3.05) is 26.8 Å². The first-order chi connectivity index (χ1) is 15.2. The molecule has 1 fully saturated rings. The van der Waals surface area contributed by atoms with Crippen LogP contribution in [0.5, 0.6) is 5.75 Å². The summed E-state index contributed by atoms with van der Waals surface area (Å²) in [6.45, 7) is 4.97. The summed E-state index contributed by atoms with van der Waals surface area (Å²) in [5.74, 6) is 1.69. The Morgan fingerprint density at radius 3 is 2.84 bits per heavy atom. The lowest BCUT2D eigenvalue weighted by Crippen LogP contribution is -2.38. The van der Waals surface area contributed by atoms with E-state index in [9.17, 15) is 0 Å². The molecule has 3 aromatic rings. The van der Waals surface area contributed by atoms with Crippen molar-refractivity contribution in [2.24, 2.45) is 4.99 Å². The van der Waals surface area contributed by atoms with Crippen molar-refractivity contribution in [3.05, 3.63) is 65.4 Å². The lowest BCUT2D eigenvalue weighted by Gasteiger charge is -2.17. The maximum absolute atomic E-state index is 6.11. The van der Waals surface area contributed by atoms with E-state index in [2.05, 4.69) is 76.1 Å². The zero-order valence-electron chi connectivity index (χ0n) is 18.8. The van der Waals surface area contributed by atoms with Gasteiger partial charge in [0.1, 0.15) is 12.4 Å². The van der Waals surface area contributed by atoms with Crippen molar-refractivity contribution < 1.29 is 9.47 Å². The number of aliphatic imine (C=N–C) groups is 1. The van der Waals surface area contributed by atoms with Crippen LogP contribution in [0.3, 0.4) is 0 Å². The van der Waals surface area contributed by atoms with E-state index in [1.165, 1.54) is 22.2 Å². The summed E-state index contributed by atoms with van der Waals surface area (Å²) in [5.41, 5.74) is 4.69. The van der Waals surface area contributed by atoms with Crippen molar-refractivity contribution in [1.82, 2.24) is 15.6 Å². The highest BCUT2D eigenvalue weighted by Crippen LogP contribution is 2.22. The van der Waals surface area contributed by atoms with E-state index in [0.29, 0.717) is 13.2 Å². The average molecular weight is 548 g/mol.